The summed E-state index contributed by atoms with van der Waals surface area (Å²) < 4.78 is 59.8. The number of halogens is 5. The van der Waals surface area contributed by atoms with Gasteiger partial charge in [0.1, 0.15) is 0 Å². The molecule has 0 spiro atoms. The van der Waals surface area contributed by atoms with E-state index in [4.69, 9.17) is 0 Å². The van der Waals surface area contributed by atoms with E-state index in [-0.39, 0.29) is 6.42 Å². The lowest BCUT2D eigenvalue weighted by molar-refractivity contribution is -0.268. The first kappa shape index (κ1) is 14.3. The first-order valence-corrected chi connectivity index (χ1v) is 4.71. The lowest BCUT2D eigenvalue weighted by atomic mass is 10.1. The van der Waals surface area contributed by atoms with Crippen LogP contribution in [0.3, 0.4) is 0 Å². The minimum atomic E-state index is -5.77. The third-order valence-corrected chi connectivity index (χ3v) is 1.96. The molecule has 6 heteroatoms. The monoisotopic (exact) mass is 232 g/mol. The molecule has 0 aromatic rings. The normalized spacial score (nSPS) is 12.9. The molecular weight excluding hydrogens is 219 g/mol. The maximum Gasteiger partial charge on any atom is 0.461 e. The standard InChI is InChI=1S/C9H13F5O/c1-2-3-4-5-6-7(15)8(10,11)9(12,13)14/h2-6H2,1H3. The Bertz CT molecular complexity index is 209. The van der Waals surface area contributed by atoms with Gasteiger partial charge in [0.05, 0.1) is 0 Å². The van der Waals surface area contributed by atoms with Crippen LogP contribution in [0.2, 0.25) is 0 Å². The minimum absolute atomic E-state index is 0.0817. The first-order valence-electron chi connectivity index (χ1n) is 4.71. The summed E-state index contributed by atoms with van der Waals surface area (Å²) in [4.78, 5) is 10.6. The molecular formula is C9H13F5O. The second kappa shape index (κ2) is 5.42. The average Bonchev–Trinajstić information content (AvgIpc) is 2.10. The fraction of sp³-hybridized carbons (Fsp3) is 0.889. The van der Waals surface area contributed by atoms with E-state index >= 15 is 0 Å². The zero-order valence-electron chi connectivity index (χ0n) is 8.33. The van der Waals surface area contributed by atoms with E-state index < -0.39 is 24.3 Å². The van der Waals surface area contributed by atoms with E-state index in [1.807, 2.05) is 6.92 Å². The Morgan fingerprint density at radius 1 is 1.00 bits per heavy atom. The Balaban J connectivity index is 4.10. The van der Waals surface area contributed by atoms with Crippen LogP contribution < -0.4 is 0 Å². The van der Waals surface area contributed by atoms with Crippen molar-refractivity contribution in [3.05, 3.63) is 0 Å². The van der Waals surface area contributed by atoms with Crippen molar-refractivity contribution in [1.82, 2.24) is 0 Å². The van der Waals surface area contributed by atoms with Gasteiger partial charge in [-0.3, -0.25) is 4.79 Å². The Hall–Kier alpha value is -0.680. The van der Waals surface area contributed by atoms with Gasteiger partial charge in [0, 0.05) is 6.42 Å². The molecule has 1 nitrogen and oxygen atoms in total. The van der Waals surface area contributed by atoms with Crippen LogP contribution in [0, 0.1) is 0 Å². The van der Waals surface area contributed by atoms with E-state index in [0.29, 0.717) is 6.42 Å². The van der Waals surface area contributed by atoms with Crippen molar-refractivity contribution in [2.45, 2.75) is 51.1 Å². The van der Waals surface area contributed by atoms with Gasteiger partial charge >= 0.3 is 12.1 Å². The number of ketones is 1. The molecule has 0 aromatic heterocycles. The van der Waals surface area contributed by atoms with Crippen molar-refractivity contribution in [2.24, 2.45) is 0 Å². The molecule has 0 fully saturated rings. The molecule has 0 bridgehead atoms. The lowest BCUT2D eigenvalue weighted by Gasteiger charge is -2.17. The van der Waals surface area contributed by atoms with Gasteiger partial charge in [-0.1, -0.05) is 26.2 Å². The number of alkyl halides is 5. The third kappa shape index (κ3) is 4.13. The molecule has 0 atom stereocenters. The molecule has 0 N–H and O–H groups in total. The zero-order valence-corrected chi connectivity index (χ0v) is 8.33. The predicted molar refractivity (Wildman–Crippen MR) is 44.8 cm³/mol. The van der Waals surface area contributed by atoms with Crippen molar-refractivity contribution in [3.63, 3.8) is 0 Å². The Labute approximate surface area is 84.6 Å². The molecule has 90 valence electrons. The van der Waals surface area contributed by atoms with E-state index in [9.17, 15) is 26.7 Å². The number of rotatable bonds is 6. The molecule has 0 saturated carbocycles. The number of hydrogen-bond acceptors (Lipinski definition) is 1. The van der Waals surface area contributed by atoms with Gasteiger partial charge in [-0.05, 0) is 6.42 Å². The highest BCUT2D eigenvalue weighted by molar-refractivity contribution is 5.86. The molecule has 0 aliphatic carbocycles. The van der Waals surface area contributed by atoms with Crippen LogP contribution in [0.1, 0.15) is 39.0 Å². The first-order chi connectivity index (χ1) is 6.73. The Morgan fingerprint density at radius 2 is 1.53 bits per heavy atom. The lowest BCUT2D eigenvalue weighted by Crippen LogP contribution is -2.43. The molecule has 0 aliphatic heterocycles. The Morgan fingerprint density at radius 3 is 1.93 bits per heavy atom. The van der Waals surface area contributed by atoms with Gasteiger partial charge in [0.15, 0.2) is 0 Å². The van der Waals surface area contributed by atoms with Crippen molar-refractivity contribution >= 4 is 5.78 Å². The van der Waals surface area contributed by atoms with Crippen LogP contribution in [-0.2, 0) is 4.79 Å². The van der Waals surface area contributed by atoms with Crippen LogP contribution in [0.25, 0.3) is 0 Å². The van der Waals surface area contributed by atoms with Crippen LogP contribution >= 0.6 is 0 Å². The highest BCUT2D eigenvalue weighted by Gasteiger charge is 2.62. The zero-order chi connectivity index (χ0) is 12.1. The molecule has 0 rings (SSSR count). The summed E-state index contributed by atoms with van der Waals surface area (Å²) in [5.74, 6) is -7.23. The van der Waals surface area contributed by atoms with Crippen LogP contribution in [0.4, 0.5) is 22.0 Å². The summed E-state index contributed by atoms with van der Waals surface area (Å²) in [5, 5.41) is 0. The molecule has 0 aliphatic rings. The van der Waals surface area contributed by atoms with E-state index in [2.05, 4.69) is 0 Å². The number of unbranched alkanes of at least 4 members (excludes halogenated alkanes) is 3. The van der Waals surface area contributed by atoms with Gasteiger partial charge in [0.2, 0.25) is 5.78 Å². The van der Waals surface area contributed by atoms with Gasteiger partial charge in [-0.2, -0.15) is 22.0 Å². The molecule has 0 radical (unpaired) electrons. The topological polar surface area (TPSA) is 17.1 Å². The summed E-state index contributed by atoms with van der Waals surface area (Å²) in [6.45, 7) is 1.87. The van der Waals surface area contributed by atoms with E-state index in [1.165, 1.54) is 0 Å². The smallest absolute Gasteiger partial charge is 0.293 e. The molecule has 0 amide bonds. The van der Waals surface area contributed by atoms with Crippen LogP contribution in [-0.4, -0.2) is 17.9 Å². The maximum atomic E-state index is 12.4. The SMILES string of the molecule is CCCCCCC(=O)C(F)(F)C(F)(F)F. The largest absolute Gasteiger partial charge is 0.461 e. The molecule has 0 saturated heterocycles. The number of carbonyl (C=O) groups is 1. The summed E-state index contributed by atoms with van der Waals surface area (Å²) in [6.07, 6.45) is -4.36. The third-order valence-electron chi connectivity index (χ3n) is 1.96. The Kier molecular flexibility index (Phi) is 5.17. The van der Waals surface area contributed by atoms with Crippen LogP contribution in [0.15, 0.2) is 0 Å². The van der Waals surface area contributed by atoms with E-state index in [0.717, 1.165) is 12.8 Å². The second-order valence-corrected chi connectivity index (χ2v) is 3.31. The minimum Gasteiger partial charge on any atom is -0.293 e. The van der Waals surface area contributed by atoms with Gasteiger partial charge in [0.25, 0.3) is 0 Å². The summed E-state index contributed by atoms with van der Waals surface area (Å²) in [7, 11) is 0. The number of Topliss-reactive ketones (excluding diaryl/α,β-unsaturated/α-hetero) is 1. The second-order valence-electron chi connectivity index (χ2n) is 3.31. The van der Waals surface area contributed by atoms with Gasteiger partial charge in [-0.25, -0.2) is 0 Å². The van der Waals surface area contributed by atoms with Crippen molar-refractivity contribution in [1.29, 1.82) is 0 Å². The summed E-state index contributed by atoms with van der Waals surface area (Å²) in [6, 6.07) is 0. The fourth-order valence-corrected chi connectivity index (χ4v) is 1.03. The van der Waals surface area contributed by atoms with Crippen molar-refractivity contribution in [3.8, 4) is 0 Å². The quantitative estimate of drug-likeness (QED) is 0.503. The predicted octanol–water partition coefficient (Wildman–Crippen LogP) is 3.72. The molecule has 0 heterocycles. The van der Waals surface area contributed by atoms with Crippen molar-refractivity contribution < 1.29 is 26.7 Å². The average molecular weight is 232 g/mol. The van der Waals surface area contributed by atoms with Gasteiger partial charge in [-0.15, -0.1) is 0 Å². The van der Waals surface area contributed by atoms with Gasteiger partial charge < -0.3 is 0 Å². The molecule has 0 unspecified atom stereocenters. The summed E-state index contributed by atoms with van der Waals surface area (Å²) in [5.41, 5.74) is 0. The summed E-state index contributed by atoms with van der Waals surface area (Å²) >= 11 is 0. The fourth-order valence-electron chi connectivity index (χ4n) is 1.03. The van der Waals surface area contributed by atoms with Crippen molar-refractivity contribution in [2.75, 3.05) is 0 Å². The number of hydrogen-bond donors (Lipinski definition) is 0. The molecule has 0 aromatic carbocycles. The highest BCUT2D eigenvalue weighted by Crippen LogP contribution is 2.37. The highest BCUT2D eigenvalue weighted by atomic mass is 19.4. The van der Waals surface area contributed by atoms with Crippen LogP contribution in [0.5, 0.6) is 0 Å². The maximum absolute atomic E-state index is 12.4. The van der Waals surface area contributed by atoms with E-state index in [1.54, 1.807) is 0 Å². The molecule has 15 heavy (non-hydrogen) atoms. The number of carbonyl (C=O) groups excluding carboxylic acids is 1.